The van der Waals surface area contributed by atoms with Crippen LogP contribution in [0.4, 0.5) is 0 Å². The van der Waals surface area contributed by atoms with E-state index in [1.165, 1.54) is 5.56 Å². The van der Waals surface area contributed by atoms with Crippen molar-refractivity contribution in [2.45, 2.75) is 38.0 Å². The predicted molar refractivity (Wildman–Crippen MR) is 127 cm³/mol. The largest absolute Gasteiger partial charge is 0.355 e. The van der Waals surface area contributed by atoms with Crippen LogP contribution in [0.1, 0.15) is 31.2 Å². The number of hydrogen-bond donors (Lipinski definition) is 2. The number of rotatable bonds is 11. The molecule has 0 atom stereocenters. The molecule has 1 heterocycles. The summed E-state index contributed by atoms with van der Waals surface area (Å²) in [6, 6.07) is 17.7. The summed E-state index contributed by atoms with van der Waals surface area (Å²) in [6.45, 7) is 1.26. The summed E-state index contributed by atoms with van der Waals surface area (Å²) in [6.07, 6.45) is 3.02. The van der Waals surface area contributed by atoms with Gasteiger partial charge in [0, 0.05) is 31.0 Å². The van der Waals surface area contributed by atoms with Gasteiger partial charge in [-0.15, -0.1) is 0 Å². The van der Waals surface area contributed by atoms with E-state index in [4.69, 9.17) is 12.2 Å². The smallest absolute Gasteiger partial charge is 0.262 e. The zero-order valence-corrected chi connectivity index (χ0v) is 18.6. The van der Waals surface area contributed by atoms with Gasteiger partial charge < -0.3 is 10.3 Å². The third kappa shape index (κ3) is 6.57. The van der Waals surface area contributed by atoms with Crippen molar-refractivity contribution in [2.75, 3.05) is 12.3 Å². The van der Waals surface area contributed by atoms with Crippen LogP contribution in [0.3, 0.4) is 0 Å². The third-order valence-electron chi connectivity index (χ3n) is 4.86. The summed E-state index contributed by atoms with van der Waals surface area (Å²) in [7, 11) is 0. The molecule has 0 aliphatic carbocycles. The number of nitrogens with one attached hydrogen (secondary N) is 2. The Kier molecular flexibility index (Phi) is 8.71. The lowest BCUT2D eigenvalue weighted by atomic mass is 10.2. The number of H-pyrrole nitrogens is 1. The second kappa shape index (κ2) is 11.7. The zero-order chi connectivity index (χ0) is 21.2. The van der Waals surface area contributed by atoms with Crippen LogP contribution in [-0.2, 0) is 17.1 Å². The van der Waals surface area contributed by atoms with E-state index in [0.29, 0.717) is 29.7 Å². The van der Waals surface area contributed by atoms with E-state index in [9.17, 15) is 9.59 Å². The fraction of sp³-hybridized carbons (Fsp3) is 0.348. The molecule has 0 bridgehead atoms. The van der Waals surface area contributed by atoms with E-state index < -0.39 is 0 Å². The van der Waals surface area contributed by atoms with Crippen LogP contribution >= 0.6 is 24.0 Å². The standard InChI is InChI=1S/C23H27N3O2S2/c27-21(24-14-16-30-17-18-9-3-1-4-10-18)13-5-2-8-15-26-22(28)19-11-6-7-12-20(19)25-23(26)29/h1,3-4,6-7,9-12H,2,5,8,13-17H2,(H,24,27)(H,25,29). The van der Waals surface area contributed by atoms with Crippen LogP contribution in [0.15, 0.2) is 59.4 Å². The lowest BCUT2D eigenvalue weighted by Crippen LogP contribution is -2.25. The van der Waals surface area contributed by atoms with Gasteiger partial charge in [-0.2, -0.15) is 11.8 Å². The average molecular weight is 442 g/mol. The number of aromatic amines is 1. The summed E-state index contributed by atoms with van der Waals surface area (Å²) < 4.78 is 2.06. The van der Waals surface area contributed by atoms with Crippen LogP contribution < -0.4 is 10.9 Å². The van der Waals surface area contributed by atoms with Crippen molar-refractivity contribution in [3.8, 4) is 0 Å². The maximum absolute atomic E-state index is 12.6. The molecular weight excluding hydrogens is 414 g/mol. The van der Waals surface area contributed by atoms with Crippen molar-refractivity contribution in [2.24, 2.45) is 0 Å². The first-order chi connectivity index (χ1) is 14.6. The van der Waals surface area contributed by atoms with E-state index in [0.717, 1.165) is 36.3 Å². The fourth-order valence-corrected chi connectivity index (χ4v) is 4.35. The third-order valence-corrected chi connectivity index (χ3v) is 6.21. The molecule has 0 saturated heterocycles. The van der Waals surface area contributed by atoms with Gasteiger partial charge in [0.15, 0.2) is 4.77 Å². The Morgan fingerprint density at radius 3 is 2.63 bits per heavy atom. The monoisotopic (exact) mass is 441 g/mol. The second-order valence-corrected chi connectivity index (χ2v) is 8.62. The first kappa shape index (κ1) is 22.3. The molecule has 0 saturated carbocycles. The van der Waals surface area contributed by atoms with Crippen LogP contribution in [-0.4, -0.2) is 27.8 Å². The molecule has 2 N–H and O–H groups in total. The molecule has 158 valence electrons. The van der Waals surface area contributed by atoms with E-state index in [1.807, 2.05) is 54.2 Å². The van der Waals surface area contributed by atoms with Crippen molar-refractivity contribution in [1.29, 1.82) is 0 Å². The molecular formula is C23H27N3O2S2. The first-order valence-corrected chi connectivity index (χ1v) is 11.8. The number of benzene rings is 2. The molecule has 1 aromatic heterocycles. The first-order valence-electron chi connectivity index (χ1n) is 10.3. The van der Waals surface area contributed by atoms with E-state index >= 15 is 0 Å². The summed E-state index contributed by atoms with van der Waals surface area (Å²) in [5, 5.41) is 3.63. The lowest BCUT2D eigenvalue weighted by Gasteiger charge is -2.08. The van der Waals surface area contributed by atoms with Crippen molar-refractivity contribution < 1.29 is 4.79 Å². The molecule has 0 aliphatic rings. The Morgan fingerprint density at radius 2 is 1.80 bits per heavy atom. The van der Waals surface area contributed by atoms with Crippen LogP contribution in [0.2, 0.25) is 0 Å². The van der Waals surface area contributed by atoms with Crippen molar-refractivity contribution in [3.63, 3.8) is 0 Å². The summed E-state index contributed by atoms with van der Waals surface area (Å²) in [5.74, 6) is 1.96. The molecule has 0 fully saturated rings. The van der Waals surface area contributed by atoms with Gasteiger partial charge in [-0.3, -0.25) is 14.2 Å². The number of nitrogens with zero attached hydrogens (tertiary/aromatic N) is 1. The summed E-state index contributed by atoms with van der Waals surface area (Å²) >= 11 is 7.15. The topological polar surface area (TPSA) is 66.9 Å². The quantitative estimate of drug-likeness (QED) is 0.335. The summed E-state index contributed by atoms with van der Waals surface area (Å²) in [4.78, 5) is 27.7. The minimum absolute atomic E-state index is 0.0555. The van der Waals surface area contributed by atoms with Crippen LogP contribution in [0.5, 0.6) is 0 Å². The number of carbonyl (C=O) groups is 1. The molecule has 0 spiro atoms. The Hall–Kier alpha value is -2.38. The van der Waals surface area contributed by atoms with Gasteiger partial charge in [0.2, 0.25) is 5.91 Å². The number of fused-ring (bicyclic) bond motifs is 1. The number of amides is 1. The number of unbranched alkanes of at least 4 members (excludes halogenated alkanes) is 2. The normalized spacial score (nSPS) is 10.9. The molecule has 5 nitrogen and oxygen atoms in total. The zero-order valence-electron chi connectivity index (χ0n) is 16.9. The number of carbonyl (C=O) groups excluding carboxylic acids is 1. The van der Waals surface area contributed by atoms with Gasteiger partial charge in [-0.25, -0.2) is 0 Å². The molecule has 0 aliphatic heterocycles. The highest BCUT2D eigenvalue weighted by Crippen LogP contribution is 2.11. The Balaban J connectivity index is 1.31. The van der Waals surface area contributed by atoms with Crippen molar-refractivity contribution >= 4 is 40.8 Å². The maximum atomic E-state index is 12.6. The number of aromatic nitrogens is 2. The van der Waals surface area contributed by atoms with E-state index in [2.05, 4.69) is 22.4 Å². The number of thioether (sulfide) groups is 1. The molecule has 0 unspecified atom stereocenters. The molecule has 3 rings (SSSR count). The SMILES string of the molecule is O=C(CCCCCn1c(=S)[nH]c2ccccc2c1=O)NCCSCc1ccccc1. The lowest BCUT2D eigenvalue weighted by molar-refractivity contribution is -0.121. The van der Waals surface area contributed by atoms with Crippen LogP contribution in [0.25, 0.3) is 10.9 Å². The molecule has 2 aromatic carbocycles. The number of hydrogen-bond acceptors (Lipinski definition) is 4. The fourth-order valence-electron chi connectivity index (χ4n) is 3.25. The molecule has 7 heteroatoms. The minimum Gasteiger partial charge on any atom is -0.355 e. The van der Waals surface area contributed by atoms with Gasteiger partial charge >= 0.3 is 0 Å². The van der Waals surface area contributed by atoms with Gasteiger partial charge in [0.25, 0.3) is 5.56 Å². The molecule has 1 amide bonds. The highest BCUT2D eigenvalue weighted by atomic mass is 32.2. The highest BCUT2D eigenvalue weighted by molar-refractivity contribution is 7.98. The second-order valence-electron chi connectivity index (χ2n) is 7.13. The van der Waals surface area contributed by atoms with E-state index in [-0.39, 0.29) is 11.5 Å². The van der Waals surface area contributed by atoms with Crippen molar-refractivity contribution in [3.05, 3.63) is 75.3 Å². The highest BCUT2D eigenvalue weighted by Gasteiger charge is 2.05. The molecule has 30 heavy (non-hydrogen) atoms. The Labute approximate surface area is 185 Å². The summed E-state index contributed by atoms with van der Waals surface area (Å²) in [5.41, 5.74) is 2.02. The number of para-hydroxylation sites is 1. The van der Waals surface area contributed by atoms with Crippen molar-refractivity contribution in [1.82, 2.24) is 14.9 Å². The predicted octanol–water partition coefficient (Wildman–Crippen LogP) is 4.67. The van der Waals surface area contributed by atoms with Crippen LogP contribution in [0, 0.1) is 4.77 Å². The van der Waals surface area contributed by atoms with E-state index in [1.54, 1.807) is 4.57 Å². The minimum atomic E-state index is -0.0555. The van der Waals surface area contributed by atoms with Gasteiger partial charge in [0.1, 0.15) is 0 Å². The Morgan fingerprint density at radius 1 is 1.03 bits per heavy atom. The maximum Gasteiger partial charge on any atom is 0.262 e. The van der Waals surface area contributed by atoms with Gasteiger partial charge in [-0.05, 0) is 42.8 Å². The molecule has 0 radical (unpaired) electrons. The Bertz CT molecular complexity index is 1080. The van der Waals surface area contributed by atoms with Gasteiger partial charge in [-0.1, -0.05) is 48.9 Å². The molecule has 3 aromatic rings. The van der Waals surface area contributed by atoms with Gasteiger partial charge in [0.05, 0.1) is 10.9 Å². The average Bonchev–Trinajstić information content (AvgIpc) is 2.76.